The summed E-state index contributed by atoms with van der Waals surface area (Å²) in [6.45, 7) is 2.62. The minimum absolute atomic E-state index is 0.108. The number of methoxy groups -OCH3 is 1. The lowest BCUT2D eigenvalue weighted by atomic mass is 10.1. The number of hydrogen-bond acceptors (Lipinski definition) is 3. The van der Waals surface area contributed by atoms with E-state index in [-0.39, 0.29) is 6.42 Å². The second-order valence-corrected chi connectivity index (χ2v) is 6.62. The van der Waals surface area contributed by atoms with Crippen LogP contribution in [0.25, 0.3) is 10.9 Å². The molecular formula is C19H17BrNO3-. The Balaban J connectivity index is 2.14. The van der Waals surface area contributed by atoms with Gasteiger partial charge in [0.05, 0.1) is 7.11 Å². The Hall–Kier alpha value is -2.27. The van der Waals surface area contributed by atoms with Gasteiger partial charge in [-0.05, 0) is 48.4 Å². The molecule has 0 radical (unpaired) electrons. The van der Waals surface area contributed by atoms with Crippen molar-refractivity contribution >= 4 is 32.8 Å². The summed E-state index contributed by atoms with van der Waals surface area (Å²) in [6, 6.07) is 13.9. The number of aliphatic carboxylic acids is 1. The van der Waals surface area contributed by atoms with E-state index in [1.165, 1.54) is 0 Å². The Bertz CT molecular complexity index is 897. The molecule has 0 spiro atoms. The molecule has 1 heterocycles. The zero-order valence-corrected chi connectivity index (χ0v) is 15.1. The molecule has 0 bridgehead atoms. The van der Waals surface area contributed by atoms with Crippen LogP contribution in [0, 0.1) is 6.92 Å². The highest BCUT2D eigenvalue weighted by Crippen LogP contribution is 2.30. The predicted octanol–water partition coefficient (Wildman–Crippen LogP) is 3.06. The van der Waals surface area contributed by atoms with Crippen molar-refractivity contribution in [1.82, 2.24) is 4.57 Å². The van der Waals surface area contributed by atoms with Crippen LogP contribution in [0.2, 0.25) is 0 Å². The normalized spacial score (nSPS) is 11.0. The van der Waals surface area contributed by atoms with E-state index in [1.54, 1.807) is 7.11 Å². The summed E-state index contributed by atoms with van der Waals surface area (Å²) in [4.78, 5) is 11.2. The van der Waals surface area contributed by atoms with E-state index in [0.717, 1.165) is 32.2 Å². The first-order valence-corrected chi connectivity index (χ1v) is 8.39. The number of halogens is 1. The van der Waals surface area contributed by atoms with E-state index < -0.39 is 5.97 Å². The van der Waals surface area contributed by atoms with Crippen LogP contribution in [0.4, 0.5) is 0 Å². The first-order valence-electron chi connectivity index (χ1n) is 7.59. The van der Waals surface area contributed by atoms with Gasteiger partial charge in [-0.15, -0.1) is 0 Å². The molecule has 0 aliphatic carbocycles. The molecule has 0 unspecified atom stereocenters. The fourth-order valence-electron chi connectivity index (χ4n) is 3.00. The van der Waals surface area contributed by atoms with Crippen molar-refractivity contribution in [1.29, 1.82) is 0 Å². The van der Waals surface area contributed by atoms with Crippen molar-refractivity contribution in [2.24, 2.45) is 0 Å². The van der Waals surface area contributed by atoms with Gasteiger partial charge in [0, 0.05) is 40.0 Å². The highest BCUT2D eigenvalue weighted by molar-refractivity contribution is 9.10. The van der Waals surface area contributed by atoms with Crippen molar-refractivity contribution in [3.05, 3.63) is 63.8 Å². The topological polar surface area (TPSA) is 54.3 Å². The maximum absolute atomic E-state index is 11.2. The molecule has 0 fully saturated rings. The van der Waals surface area contributed by atoms with Gasteiger partial charge in [0.15, 0.2) is 0 Å². The highest BCUT2D eigenvalue weighted by Gasteiger charge is 2.15. The Morgan fingerprint density at radius 2 is 1.92 bits per heavy atom. The molecule has 0 saturated carbocycles. The molecule has 3 rings (SSSR count). The number of carboxylic acids is 1. The molecule has 0 aliphatic heterocycles. The third kappa shape index (κ3) is 3.17. The summed E-state index contributed by atoms with van der Waals surface area (Å²) in [5.41, 5.74) is 3.85. The number of carbonyl (C=O) groups is 1. The van der Waals surface area contributed by atoms with Crippen molar-refractivity contribution in [2.45, 2.75) is 19.9 Å². The molecule has 0 amide bonds. The first kappa shape index (κ1) is 16.6. The average Bonchev–Trinajstić information content (AvgIpc) is 2.81. The summed E-state index contributed by atoms with van der Waals surface area (Å²) >= 11 is 3.44. The quantitative estimate of drug-likeness (QED) is 0.676. The number of aromatic nitrogens is 1. The van der Waals surface area contributed by atoms with Gasteiger partial charge < -0.3 is 19.2 Å². The molecule has 0 aliphatic rings. The number of carboxylic acid groups (broad SMARTS) is 1. The molecule has 0 atom stereocenters. The summed E-state index contributed by atoms with van der Waals surface area (Å²) < 4.78 is 8.45. The lowest BCUT2D eigenvalue weighted by molar-refractivity contribution is -0.304. The minimum atomic E-state index is -1.08. The van der Waals surface area contributed by atoms with Crippen LogP contribution in [-0.2, 0) is 17.8 Å². The summed E-state index contributed by atoms with van der Waals surface area (Å²) in [5, 5.41) is 12.1. The lowest BCUT2D eigenvalue weighted by Crippen LogP contribution is -2.24. The summed E-state index contributed by atoms with van der Waals surface area (Å²) in [5.74, 6) is -0.369. The number of fused-ring (bicyclic) bond motifs is 1. The molecule has 0 saturated heterocycles. The van der Waals surface area contributed by atoms with Crippen LogP contribution in [0.1, 0.15) is 16.8 Å². The number of hydrogen-bond donors (Lipinski definition) is 0. The van der Waals surface area contributed by atoms with Crippen molar-refractivity contribution in [3.8, 4) is 5.75 Å². The minimum Gasteiger partial charge on any atom is -0.550 e. The zero-order valence-electron chi connectivity index (χ0n) is 13.5. The van der Waals surface area contributed by atoms with Crippen LogP contribution < -0.4 is 9.84 Å². The summed E-state index contributed by atoms with van der Waals surface area (Å²) in [6.07, 6.45) is -0.108. The van der Waals surface area contributed by atoms with Crippen molar-refractivity contribution < 1.29 is 14.6 Å². The Labute approximate surface area is 148 Å². The molecule has 4 nitrogen and oxygen atoms in total. The van der Waals surface area contributed by atoms with Gasteiger partial charge in [-0.3, -0.25) is 0 Å². The van der Waals surface area contributed by atoms with Gasteiger partial charge in [0.25, 0.3) is 0 Å². The van der Waals surface area contributed by atoms with Crippen LogP contribution in [0.15, 0.2) is 46.9 Å². The summed E-state index contributed by atoms with van der Waals surface area (Å²) in [7, 11) is 1.60. The second kappa shape index (κ2) is 6.69. The molecule has 2 aromatic carbocycles. The van der Waals surface area contributed by atoms with E-state index in [1.807, 2.05) is 37.3 Å². The number of ether oxygens (including phenoxy) is 1. The van der Waals surface area contributed by atoms with Gasteiger partial charge in [-0.1, -0.05) is 28.1 Å². The van der Waals surface area contributed by atoms with Gasteiger partial charge >= 0.3 is 0 Å². The maximum Gasteiger partial charge on any atom is 0.119 e. The largest absolute Gasteiger partial charge is 0.550 e. The van der Waals surface area contributed by atoms with Gasteiger partial charge in [-0.2, -0.15) is 0 Å². The van der Waals surface area contributed by atoms with Gasteiger partial charge in [0.2, 0.25) is 0 Å². The average molecular weight is 387 g/mol. The monoisotopic (exact) mass is 386 g/mol. The van der Waals surface area contributed by atoms with Gasteiger partial charge in [0.1, 0.15) is 5.75 Å². The van der Waals surface area contributed by atoms with E-state index >= 15 is 0 Å². The van der Waals surface area contributed by atoms with Crippen LogP contribution in [0.5, 0.6) is 5.75 Å². The number of benzene rings is 2. The number of rotatable bonds is 5. The molecule has 3 aromatic rings. The van der Waals surface area contributed by atoms with Crippen molar-refractivity contribution in [3.63, 3.8) is 0 Å². The SMILES string of the molecule is COc1ccc2c(c1)c(CC(=O)[O-])c(C)n2Cc1ccc(Br)cc1. The van der Waals surface area contributed by atoms with E-state index in [2.05, 4.69) is 32.6 Å². The number of nitrogens with zero attached hydrogens (tertiary/aromatic N) is 1. The first-order chi connectivity index (χ1) is 11.5. The lowest BCUT2D eigenvalue weighted by Gasteiger charge is -2.10. The van der Waals surface area contributed by atoms with Crippen molar-refractivity contribution in [2.75, 3.05) is 7.11 Å². The molecule has 24 heavy (non-hydrogen) atoms. The van der Waals surface area contributed by atoms with E-state index in [9.17, 15) is 9.90 Å². The Morgan fingerprint density at radius 1 is 1.21 bits per heavy atom. The van der Waals surface area contributed by atoms with E-state index in [0.29, 0.717) is 12.3 Å². The third-order valence-electron chi connectivity index (χ3n) is 4.24. The van der Waals surface area contributed by atoms with E-state index in [4.69, 9.17) is 4.74 Å². The predicted molar refractivity (Wildman–Crippen MR) is 95.2 cm³/mol. The van der Waals surface area contributed by atoms with Crippen LogP contribution in [0.3, 0.4) is 0 Å². The molecule has 5 heteroatoms. The fraction of sp³-hybridized carbons (Fsp3) is 0.211. The highest BCUT2D eigenvalue weighted by atomic mass is 79.9. The Morgan fingerprint density at radius 3 is 2.54 bits per heavy atom. The fourth-order valence-corrected chi connectivity index (χ4v) is 3.27. The maximum atomic E-state index is 11.2. The van der Waals surface area contributed by atoms with Crippen LogP contribution in [-0.4, -0.2) is 17.6 Å². The van der Waals surface area contributed by atoms with Crippen LogP contribution >= 0.6 is 15.9 Å². The molecule has 1 aromatic heterocycles. The van der Waals surface area contributed by atoms with Gasteiger partial charge in [-0.25, -0.2) is 0 Å². The Kier molecular flexibility index (Phi) is 4.62. The standard InChI is InChI=1S/C19H18BrNO3/c1-12-16(10-19(22)23)17-9-15(24-2)7-8-18(17)21(12)11-13-3-5-14(20)6-4-13/h3-9H,10-11H2,1-2H3,(H,22,23)/p-1. The third-order valence-corrected chi connectivity index (χ3v) is 4.76. The smallest absolute Gasteiger partial charge is 0.119 e. The molecular weight excluding hydrogens is 370 g/mol. The molecule has 0 N–H and O–H groups in total. The number of carbonyl (C=O) groups excluding carboxylic acids is 1. The molecule has 124 valence electrons. The zero-order chi connectivity index (χ0) is 17.3. The second-order valence-electron chi connectivity index (χ2n) is 5.71.